The number of aryl methyl sites for hydroxylation is 2. The molecule has 3 aromatic rings. The van der Waals surface area contributed by atoms with E-state index in [1.54, 1.807) is 24.3 Å². The molecule has 0 unspecified atom stereocenters. The standard InChI is InChI=1S/C25H21FN2O3/c1-15-7-8-16(2)22(13-15)28-24(30)19-10-9-18(14-20(19)25(28)31)23(29)27-12-11-17-5-3-4-6-21(17)26/h3-10,13-14H,11-12H2,1-2H3,(H,27,29). The average molecular weight is 416 g/mol. The quantitative estimate of drug-likeness (QED) is 0.634. The third-order valence-corrected chi connectivity index (χ3v) is 5.39. The lowest BCUT2D eigenvalue weighted by Gasteiger charge is -2.17. The van der Waals surface area contributed by atoms with E-state index in [-0.39, 0.29) is 35.0 Å². The van der Waals surface area contributed by atoms with E-state index in [2.05, 4.69) is 5.32 Å². The summed E-state index contributed by atoms with van der Waals surface area (Å²) in [5, 5.41) is 2.74. The molecule has 0 atom stereocenters. The summed E-state index contributed by atoms with van der Waals surface area (Å²) < 4.78 is 13.7. The zero-order valence-electron chi connectivity index (χ0n) is 17.2. The summed E-state index contributed by atoms with van der Waals surface area (Å²) in [5.74, 6) is -1.55. The lowest BCUT2D eigenvalue weighted by Crippen LogP contribution is -2.30. The van der Waals surface area contributed by atoms with E-state index in [1.807, 2.05) is 26.0 Å². The van der Waals surface area contributed by atoms with Crippen LogP contribution in [-0.4, -0.2) is 24.3 Å². The molecule has 156 valence electrons. The lowest BCUT2D eigenvalue weighted by molar-refractivity contribution is 0.0923. The summed E-state index contributed by atoms with van der Waals surface area (Å²) in [6.45, 7) is 3.98. The van der Waals surface area contributed by atoms with Crippen molar-refractivity contribution >= 4 is 23.4 Å². The van der Waals surface area contributed by atoms with Crippen LogP contribution in [0.1, 0.15) is 47.8 Å². The minimum atomic E-state index is -0.449. The number of imide groups is 1. The summed E-state index contributed by atoms with van der Waals surface area (Å²) in [5.41, 5.74) is 3.56. The van der Waals surface area contributed by atoms with Crippen LogP contribution in [0.3, 0.4) is 0 Å². The van der Waals surface area contributed by atoms with Crippen LogP contribution in [0.25, 0.3) is 0 Å². The molecule has 31 heavy (non-hydrogen) atoms. The topological polar surface area (TPSA) is 66.5 Å². The zero-order chi connectivity index (χ0) is 22.1. The average Bonchev–Trinajstić information content (AvgIpc) is 3.01. The summed E-state index contributed by atoms with van der Waals surface area (Å²) in [4.78, 5) is 39.6. The van der Waals surface area contributed by atoms with Gasteiger partial charge in [-0.25, -0.2) is 9.29 Å². The molecule has 0 aromatic heterocycles. The number of hydrogen-bond acceptors (Lipinski definition) is 3. The fraction of sp³-hybridized carbons (Fsp3) is 0.160. The first-order valence-electron chi connectivity index (χ1n) is 9.98. The predicted octanol–water partition coefficient (Wildman–Crippen LogP) is 4.22. The molecule has 1 N–H and O–H groups in total. The van der Waals surface area contributed by atoms with E-state index in [4.69, 9.17) is 0 Å². The minimum Gasteiger partial charge on any atom is -0.352 e. The zero-order valence-corrected chi connectivity index (χ0v) is 17.2. The number of carbonyl (C=O) groups excluding carboxylic acids is 3. The number of nitrogens with one attached hydrogen (secondary N) is 1. The third kappa shape index (κ3) is 3.84. The number of hydrogen-bond donors (Lipinski definition) is 1. The van der Waals surface area contributed by atoms with Crippen LogP contribution in [0.5, 0.6) is 0 Å². The highest BCUT2D eigenvalue weighted by molar-refractivity contribution is 6.35. The van der Waals surface area contributed by atoms with Crippen molar-refractivity contribution in [2.75, 3.05) is 11.4 Å². The molecule has 6 heteroatoms. The molecule has 4 rings (SSSR count). The molecule has 3 amide bonds. The molecule has 1 heterocycles. The molecule has 1 aliphatic rings. The predicted molar refractivity (Wildman–Crippen MR) is 116 cm³/mol. The maximum Gasteiger partial charge on any atom is 0.266 e. The van der Waals surface area contributed by atoms with Gasteiger partial charge in [0.15, 0.2) is 0 Å². The Morgan fingerprint density at radius 3 is 2.45 bits per heavy atom. The van der Waals surface area contributed by atoms with E-state index >= 15 is 0 Å². The Hall–Kier alpha value is -3.80. The number of nitrogens with zero attached hydrogens (tertiary/aromatic N) is 1. The molecule has 0 saturated carbocycles. The van der Waals surface area contributed by atoms with Crippen molar-refractivity contribution in [2.45, 2.75) is 20.3 Å². The van der Waals surface area contributed by atoms with Gasteiger partial charge in [-0.3, -0.25) is 14.4 Å². The van der Waals surface area contributed by atoms with Gasteiger partial charge in [0.2, 0.25) is 0 Å². The molecule has 0 spiro atoms. The highest BCUT2D eigenvalue weighted by Crippen LogP contribution is 2.31. The Labute approximate surface area is 179 Å². The van der Waals surface area contributed by atoms with Crippen LogP contribution in [0.15, 0.2) is 60.7 Å². The summed E-state index contributed by atoms with van der Waals surface area (Å²) in [6.07, 6.45) is 0.348. The Kier molecular flexibility index (Phi) is 5.38. The fourth-order valence-corrected chi connectivity index (χ4v) is 3.68. The van der Waals surface area contributed by atoms with Gasteiger partial charge in [-0.15, -0.1) is 0 Å². The molecule has 3 aromatic carbocycles. The van der Waals surface area contributed by atoms with Gasteiger partial charge >= 0.3 is 0 Å². The Morgan fingerprint density at radius 2 is 1.68 bits per heavy atom. The number of halogens is 1. The Morgan fingerprint density at radius 1 is 0.935 bits per heavy atom. The van der Waals surface area contributed by atoms with Crippen LogP contribution in [0.4, 0.5) is 10.1 Å². The van der Waals surface area contributed by atoms with Crippen LogP contribution in [0.2, 0.25) is 0 Å². The fourth-order valence-electron chi connectivity index (χ4n) is 3.68. The number of carbonyl (C=O) groups is 3. The van der Waals surface area contributed by atoms with E-state index < -0.39 is 11.8 Å². The van der Waals surface area contributed by atoms with Crippen molar-refractivity contribution in [3.8, 4) is 0 Å². The molecular weight excluding hydrogens is 395 g/mol. The summed E-state index contributed by atoms with van der Waals surface area (Å²) in [7, 11) is 0. The van der Waals surface area contributed by atoms with Crippen molar-refractivity contribution < 1.29 is 18.8 Å². The number of amides is 3. The first-order valence-corrected chi connectivity index (χ1v) is 9.98. The number of fused-ring (bicyclic) bond motifs is 1. The summed E-state index contributed by atoms with van der Waals surface area (Å²) in [6, 6.07) is 16.5. The molecule has 0 bridgehead atoms. The molecule has 0 saturated heterocycles. The molecule has 0 radical (unpaired) electrons. The molecule has 1 aliphatic heterocycles. The van der Waals surface area contributed by atoms with Crippen molar-refractivity contribution in [1.82, 2.24) is 5.32 Å². The first-order chi connectivity index (χ1) is 14.9. The second kappa shape index (κ2) is 8.14. The van der Waals surface area contributed by atoms with Gasteiger partial charge in [-0.2, -0.15) is 0 Å². The van der Waals surface area contributed by atoms with Gasteiger partial charge in [-0.05, 0) is 67.3 Å². The van der Waals surface area contributed by atoms with Gasteiger partial charge in [-0.1, -0.05) is 30.3 Å². The molecule has 0 fully saturated rings. The van der Waals surface area contributed by atoms with Gasteiger partial charge in [0.05, 0.1) is 16.8 Å². The third-order valence-electron chi connectivity index (χ3n) is 5.39. The lowest BCUT2D eigenvalue weighted by atomic mass is 10.1. The van der Waals surface area contributed by atoms with Crippen LogP contribution >= 0.6 is 0 Å². The minimum absolute atomic E-state index is 0.202. The number of rotatable bonds is 5. The molecule has 0 aliphatic carbocycles. The number of anilines is 1. The van der Waals surface area contributed by atoms with E-state index in [0.29, 0.717) is 17.7 Å². The summed E-state index contributed by atoms with van der Waals surface area (Å²) >= 11 is 0. The molecule has 5 nitrogen and oxygen atoms in total. The van der Waals surface area contributed by atoms with E-state index in [1.165, 1.54) is 24.3 Å². The van der Waals surface area contributed by atoms with Crippen LogP contribution in [-0.2, 0) is 6.42 Å². The van der Waals surface area contributed by atoms with Crippen molar-refractivity contribution in [2.24, 2.45) is 0 Å². The van der Waals surface area contributed by atoms with E-state index in [0.717, 1.165) is 16.0 Å². The van der Waals surface area contributed by atoms with Crippen molar-refractivity contribution in [3.63, 3.8) is 0 Å². The second-order valence-electron chi connectivity index (χ2n) is 7.59. The van der Waals surface area contributed by atoms with Gasteiger partial charge in [0.25, 0.3) is 17.7 Å². The van der Waals surface area contributed by atoms with Crippen molar-refractivity contribution in [1.29, 1.82) is 0 Å². The largest absolute Gasteiger partial charge is 0.352 e. The molecular formula is C25H21FN2O3. The second-order valence-corrected chi connectivity index (χ2v) is 7.59. The smallest absolute Gasteiger partial charge is 0.266 e. The van der Waals surface area contributed by atoms with Crippen LogP contribution in [0, 0.1) is 19.7 Å². The van der Waals surface area contributed by atoms with Crippen molar-refractivity contribution in [3.05, 3.63) is 99.9 Å². The highest BCUT2D eigenvalue weighted by atomic mass is 19.1. The maximum atomic E-state index is 13.7. The normalized spacial score (nSPS) is 12.8. The Bertz CT molecular complexity index is 1220. The van der Waals surface area contributed by atoms with Crippen LogP contribution < -0.4 is 10.2 Å². The van der Waals surface area contributed by atoms with Gasteiger partial charge < -0.3 is 5.32 Å². The SMILES string of the molecule is Cc1ccc(C)c(N2C(=O)c3ccc(C(=O)NCCc4ccccc4F)cc3C2=O)c1. The first kappa shape index (κ1) is 20.5. The highest BCUT2D eigenvalue weighted by Gasteiger charge is 2.37. The number of benzene rings is 3. The van der Waals surface area contributed by atoms with Gasteiger partial charge in [0.1, 0.15) is 5.82 Å². The van der Waals surface area contributed by atoms with E-state index in [9.17, 15) is 18.8 Å². The maximum absolute atomic E-state index is 13.7. The monoisotopic (exact) mass is 416 g/mol. The van der Waals surface area contributed by atoms with Gasteiger partial charge in [0, 0.05) is 12.1 Å². The Balaban J connectivity index is 1.52.